The van der Waals surface area contributed by atoms with Gasteiger partial charge in [0.15, 0.2) is 0 Å². The van der Waals surface area contributed by atoms with Gasteiger partial charge in [-0.2, -0.15) is 5.11 Å². The van der Waals surface area contributed by atoms with Crippen molar-refractivity contribution in [2.75, 3.05) is 0 Å². The molecule has 2 rings (SSSR count). The number of benzene rings is 1. The van der Waals surface area contributed by atoms with Gasteiger partial charge in [-0.25, -0.2) is 0 Å². The highest BCUT2D eigenvalue weighted by Gasteiger charge is 2.63. The van der Waals surface area contributed by atoms with E-state index in [0.29, 0.717) is 12.8 Å². The van der Waals surface area contributed by atoms with Crippen LogP contribution in [0.5, 0.6) is 0 Å². The maximum absolute atomic E-state index is 11.9. The zero-order chi connectivity index (χ0) is 21.8. The van der Waals surface area contributed by atoms with E-state index in [0.717, 1.165) is 12.5 Å². The second-order valence-corrected chi connectivity index (χ2v) is 10.8. The van der Waals surface area contributed by atoms with Crippen LogP contribution in [0.25, 0.3) is 0 Å². The predicted molar refractivity (Wildman–Crippen MR) is 103 cm³/mol. The van der Waals surface area contributed by atoms with Crippen molar-refractivity contribution < 1.29 is 38.2 Å². The van der Waals surface area contributed by atoms with Gasteiger partial charge in [0.25, 0.3) is 0 Å². The fourth-order valence-corrected chi connectivity index (χ4v) is 5.91. The minimum absolute atomic E-state index is 0.0383. The number of hydrogen-bond donors (Lipinski definition) is 4. The normalized spacial score (nSPS) is 19.5. The van der Waals surface area contributed by atoms with Crippen molar-refractivity contribution >= 4 is 27.4 Å². The van der Waals surface area contributed by atoms with Crippen LogP contribution in [0.4, 0.5) is 0 Å². The van der Waals surface area contributed by atoms with E-state index in [2.05, 4.69) is 20.2 Å². The summed E-state index contributed by atoms with van der Waals surface area (Å²) in [6, 6.07) is 9.45. The minimum atomic E-state index is -5.49. The average Bonchev–Trinajstić information content (AvgIpc) is 3.04. The van der Waals surface area contributed by atoms with Crippen molar-refractivity contribution in [1.82, 2.24) is 0 Å². The molecule has 0 saturated heterocycles. The Morgan fingerprint density at radius 1 is 1.10 bits per heavy atom. The number of hydrogen-bond acceptors (Lipinski definition) is 7. The van der Waals surface area contributed by atoms with Crippen LogP contribution in [0.15, 0.2) is 45.8 Å². The molecule has 160 valence electrons. The number of rotatable bonds is 10. The van der Waals surface area contributed by atoms with E-state index in [-0.39, 0.29) is 12.8 Å². The maximum Gasteiger partial charge on any atom is 0.381 e. The van der Waals surface area contributed by atoms with Crippen molar-refractivity contribution in [2.24, 2.45) is 15.4 Å². The average molecular weight is 447 g/mol. The molecule has 1 aliphatic rings. The van der Waals surface area contributed by atoms with Gasteiger partial charge >= 0.3 is 26.2 Å². The van der Waals surface area contributed by atoms with Crippen LogP contribution in [0.2, 0.25) is 0 Å². The Kier molecular flexibility index (Phi) is 7.27. The smallest absolute Gasteiger partial charge is 0.381 e. The van der Waals surface area contributed by atoms with Gasteiger partial charge in [-0.15, -0.1) is 5.10 Å². The van der Waals surface area contributed by atoms with Gasteiger partial charge in [0, 0.05) is 19.8 Å². The van der Waals surface area contributed by atoms with E-state index in [1.807, 2.05) is 30.3 Å². The van der Waals surface area contributed by atoms with Gasteiger partial charge in [-0.1, -0.05) is 36.8 Å². The molecule has 0 aromatic heterocycles. The molecule has 4 N–H and O–H groups in total. The van der Waals surface area contributed by atoms with Crippen LogP contribution in [0, 0.1) is 0 Å². The summed E-state index contributed by atoms with van der Waals surface area (Å²) in [5.74, 6) is -1.20. The van der Waals surface area contributed by atoms with E-state index in [4.69, 9.17) is 0 Å². The molecule has 0 bridgehead atoms. The lowest BCUT2D eigenvalue weighted by Gasteiger charge is -2.33. The molecular weight excluding hydrogens is 424 g/mol. The Balaban J connectivity index is 2.11. The Hall–Kier alpha value is -1.74. The zero-order valence-electron chi connectivity index (χ0n) is 15.7. The predicted octanol–water partition coefficient (Wildman–Crippen LogP) is 2.55. The van der Waals surface area contributed by atoms with Gasteiger partial charge in [0.2, 0.25) is 0 Å². The second kappa shape index (κ2) is 8.95. The Morgan fingerprint density at radius 2 is 1.72 bits per heavy atom. The third-order valence-electron chi connectivity index (χ3n) is 4.53. The molecule has 0 fully saturated rings. The van der Waals surface area contributed by atoms with Crippen LogP contribution in [0.1, 0.15) is 38.2 Å². The van der Waals surface area contributed by atoms with Gasteiger partial charge in [-0.05, 0) is 23.6 Å². The highest BCUT2D eigenvalue weighted by molar-refractivity contribution is 7.72. The van der Waals surface area contributed by atoms with Crippen LogP contribution in [0.3, 0.4) is 0 Å². The first-order valence-corrected chi connectivity index (χ1v) is 11.9. The lowest BCUT2D eigenvalue weighted by molar-refractivity contribution is -0.147. The van der Waals surface area contributed by atoms with Crippen LogP contribution < -0.4 is 0 Å². The number of unbranched alkanes of at least 4 members (excludes halogenated alkanes) is 1. The molecule has 0 aliphatic carbocycles. The summed E-state index contributed by atoms with van der Waals surface area (Å²) < 4.78 is 28.2. The van der Waals surface area contributed by atoms with Crippen molar-refractivity contribution in [2.45, 2.75) is 49.6 Å². The molecule has 0 radical (unpaired) electrons. The molecular formula is C16H23N3O8P2. The highest BCUT2D eigenvalue weighted by atomic mass is 31.2. The standard InChI is InChI=1S/C16H23N3O8P2/c1-13(20)27-16(28(21,22)23,29(24,25)26)10-6-5-9-15(12-17-19-18-15)11-14-7-3-2-4-8-14/h2-4,7-8,12H,5-6,9-11H2,1H3,(H2,21,22,23)(H2,24,25,26). The van der Waals surface area contributed by atoms with Gasteiger partial charge in [0.05, 0.1) is 6.21 Å². The molecule has 0 spiro atoms. The second-order valence-electron chi connectivity index (χ2n) is 6.83. The molecule has 0 amide bonds. The molecule has 0 saturated carbocycles. The van der Waals surface area contributed by atoms with Gasteiger partial charge in [0.1, 0.15) is 5.54 Å². The van der Waals surface area contributed by atoms with Crippen LogP contribution in [-0.4, -0.2) is 42.4 Å². The minimum Gasteiger partial charge on any atom is -0.433 e. The molecule has 1 aliphatic heterocycles. The van der Waals surface area contributed by atoms with Gasteiger partial charge < -0.3 is 24.3 Å². The summed E-state index contributed by atoms with van der Waals surface area (Å²) >= 11 is 0. The SMILES string of the molecule is CC(=O)OC(CCCCC1(Cc2ccccc2)C=NN=N1)(P(=O)(O)O)P(=O)(O)O. The van der Waals surface area contributed by atoms with Crippen LogP contribution in [-0.2, 0) is 25.1 Å². The van der Waals surface area contributed by atoms with Crippen molar-refractivity contribution in [3.05, 3.63) is 35.9 Å². The van der Waals surface area contributed by atoms with Crippen molar-refractivity contribution in [3.63, 3.8) is 0 Å². The number of ether oxygens (including phenoxy) is 1. The first kappa shape index (κ1) is 23.5. The molecule has 1 unspecified atom stereocenters. The number of esters is 1. The summed E-state index contributed by atoms with van der Waals surface area (Å²) in [5.41, 5.74) is 0.231. The zero-order valence-corrected chi connectivity index (χ0v) is 17.4. The molecule has 1 aromatic rings. The third kappa shape index (κ3) is 5.66. The summed E-state index contributed by atoms with van der Waals surface area (Å²) in [6.45, 7) is 0.824. The first-order valence-electron chi connectivity index (χ1n) is 8.72. The van der Waals surface area contributed by atoms with E-state index in [1.165, 1.54) is 0 Å². The number of carbonyl (C=O) groups is 1. The summed E-state index contributed by atoms with van der Waals surface area (Å²) in [4.78, 5) is 49.5. The fourth-order valence-electron chi connectivity index (χ4n) is 3.15. The first-order chi connectivity index (χ1) is 13.4. The Labute approximate surface area is 167 Å². The molecule has 1 aromatic carbocycles. The molecule has 1 heterocycles. The molecule has 13 heteroatoms. The highest BCUT2D eigenvalue weighted by Crippen LogP contribution is 2.71. The quantitative estimate of drug-likeness (QED) is 0.240. The summed E-state index contributed by atoms with van der Waals surface area (Å²) in [5, 5.41) is 8.40. The van der Waals surface area contributed by atoms with Crippen LogP contribution >= 0.6 is 15.2 Å². The lowest BCUT2D eigenvalue weighted by atomic mass is 9.87. The Morgan fingerprint density at radius 3 is 2.21 bits per heavy atom. The van der Waals surface area contributed by atoms with Crippen molar-refractivity contribution in [3.8, 4) is 0 Å². The van der Waals surface area contributed by atoms with Crippen molar-refractivity contribution in [1.29, 1.82) is 0 Å². The lowest BCUT2D eigenvalue weighted by Crippen LogP contribution is -2.35. The summed E-state index contributed by atoms with van der Waals surface area (Å²) in [7, 11) is -11.0. The largest absolute Gasteiger partial charge is 0.433 e. The fraction of sp³-hybridized carbons (Fsp3) is 0.500. The summed E-state index contributed by atoms with van der Waals surface area (Å²) in [6.07, 6.45) is 1.96. The Bertz CT molecular complexity index is 843. The van der Waals surface area contributed by atoms with E-state index in [1.54, 1.807) is 6.21 Å². The van der Waals surface area contributed by atoms with Gasteiger partial charge in [-0.3, -0.25) is 13.9 Å². The molecule has 11 nitrogen and oxygen atoms in total. The van der Waals surface area contributed by atoms with E-state index >= 15 is 0 Å². The topological polar surface area (TPSA) is 178 Å². The maximum atomic E-state index is 11.9. The number of carbonyl (C=O) groups excluding carboxylic acids is 1. The monoisotopic (exact) mass is 447 g/mol. The number of nitrogens with zero attached hydrogens (tertiary/aromatic N) is 3. The molecule has 1 atom stereocenters. The third-order valence-corrected chi connectivity index (χ3v) is 8.54. The van der Waals surface area contributed by atoms with E-state index in [9.17, 15) is 33.5 Å². The molecule has 29 heavy (non-hydrogen) atoms. The van der Waals surface area contributed by atoms with E-state index < -0.39 is 38.2 Å².